The van der Waals surface area contributed by atoms with Gasteiger partial charge in [0.25, 0.3) is 0 Å². The molecule has 102 valence electrons. The first-order chi connectivity index (χ1) is 8.76. The Morgan fingerprint density at radius 2 is 2.06 bits per heavy atom. The second-order valence-electron chi connectivity index (χ2n) is 4.16. The Morgan fingerprint density at radius 3 is 2.67 bits per heavy atom. The van der Waals surface area contributed by atoms with Gasteiger partial charge in [0.15, 0.2) is 0 Å². The first-order valence-electron chi connectivity index (χ1n) is 6.35. The van der Waals surface area contributed by atoms with Crippen molar-refractivity contribution in [1.29, 1.82) is 0 Å². The molecule has 1 unspecified atom stereocenters. The molecule has 1 aromatic carbocycles. The summed E-state index contributed by atoms with van der Waals surface area (Å²) in [6.07, 6.45) is 2.64. The summed E-state index contributed by atoms with van der Waals surface area (Å²) in [5, 5.41) is 12.9. The van der Waals surface area contributed by atoms with E-state index >= 15 is 0 Å². The highest BCUT2D eigenvalue weighted by Crippen LogP contribution is 2.12. The molecular formula is C14H23NO2S. The van der Waals surface area contributed by atoms with Gasteiger partial charge in [-0.25, -0.2) is 0 Å². The number of aryl methyl sites for hydroxylation is 1. The predicted octanol–water partition coefficient (Wildman–Crippen LogP) is 1.94. The molecule has 1 rings (SSSR count). The van der Waals surface area contributed by atoms with Gasteiger partial charge in [0.2, 0.25) is 0 Å². The second kappa shape index (κ2) is 9.25. The topological polar surface area (TPSA) is 41.5 Å². The van der Waals surface area contributed by atoms with Gasteiger partial charge in [0.1, 0.15) is 18.5 Å². The normalized spacial score (nSPS) is 12.4. The smallest absolute Gasteiger partial charge is 0.119 e. The lowest BCUT2D eigenvalue weighted by Gasteiger charge is -2.13. The minimum atomic E-state index is -0.460. The van der Waals surface area contributed by atoms with Gasteiger partial charge < -0.3 is 15.2 Å². The zero-order chi connectivity index (χ0) is 13.2. The molecule has 0 aliphatic rings. The maximum Gasteiger partial charge on any atom is 0.119 e. The number of nitrogens with one attached hydrogen (secondary N) is 1. The molecular weight excluding hydrogens is 246 g/mol. The minimum Gasteiger partial charge on any atom is -0.491 e. The van der Waals surface area contributed by atoms with E-state index in [1.165, 1.54) is 5.56 Å². The number of thioether (sulfide) groups is 1. The largest absolute Gasteiger partial charge is 0.491 e. The van der Waals surface area contributed by atoms with Gasteiger partial charge in [-0.2, -0.15) is 11.8 Å². The molecule has 1 aromatic rings. The highest BCUT2D eigenvalue weighted by atomic mass is 32.2. The number of rotatable bonds is 9. The summed E-state index contributed by atoms with van der Waals surface area (Å²) in [4.78, 5) is 0. The molecule has 1 atom stereocenters. The van der Waals surface area contributed by atoms with E-state index in [0.717, 1.165) is 24.5 Å². The zero-order valence-electron chi connectivity index (χ0n) is 11.2. The molecule has 18 heavy (non-hydrogen) atoms. The van der Waals surface area contributed by atoms with Gasteiger partial charge in [0, 0.05) is 18.8 Å². The van der Waals surface area contributed by atoms with E-state index in [2.05, 4.69) is 30.6 Å². The SMILES string of the molecule is CCc1ccc(OCC(O)CNCCSC)cc1. The third-order valence-corrected chi connectivity index (χ3v) is 3.25. The number of ether oxygens (including phenoxy) is 1. The van der Waals surface area contributed by atoms with Crippen molar-refractivity contribution in [2.75, 3.05) is 31.7 Å². The van der Waals surface area contributed by atoms with E-state index < -0.39 is 6.10 Å². The second-order valence-corrected chi connectivity index (χ2v) is 5.14. The maximum absolute atomic E-state index is 9.72. The lowest BCUT2D eigenvalue weighted by molar-refractivity contribution is 0.107. The summed E-state index contributed by atoms with van der Waals surface area (Å²) in [7, 11) is 0. The van der Waals surface area contributed by atoms with E-state index in [-0.39, 0.29) is 0 Å². The highest BCUT2D eigenvalue weighted by molar-refractivity contribution is 7.98. The molecule has 0 fully saturated rings. The van der Waals surface area contributed by atoms with Crippen molar-refractivity contribution in [1.82, 2.24) is 5.32 Å². The minimum absolute atomic E-state index is 0.331. The maximum atomic E-state index is 9.72. The molecule has 0 spiro atoms. The summed E-state index contributed by atoms with van der Waals surface area (Å²) in [6.45, 7) is 3.95. The Bertz CT molecular complexity index is 316. The van der Waals surface area contributed by atoms with Gasteiger partial charge >= 0.3 is 0 Å². The Labute approximate surface area is 114 Å². The number of aliphatic hydroxyl groups excluding tert-OH is 1. The molecule has 2 N–H and O–H groups in total. The van der Waals surface area contributed by atoms with Crippen molar-refractivity contribution in [2.45, 2.75) is 19.4 Å². The standard InChI is InChI=1S/C14H23NO2S/c1-3-12-4-6-14(7-5-12)17-11-13(16)10-15-8-9-18-2/h4-7,13,15-16H,3,8-11H2,1-2H3. The third kappa shape index (κ3) is 6.28. The van der Waals surface area contributed by atoms with Crippen LogP contribution >= 0.6 is 11.8 Å². The molecule has 0 saturated heterocycles. The lowest BCUT2D eigenvalue weighted by atomic mass is 10.2. The van der Waals surface area contributed by atoms with Crippen LogP contribution in [0.25, 0.3) is 0 Å². The van der Waals surface area contributed by atoms with E-state index in [0.29, 0.717) is 13.2 Å². The average molecular weight is 269 g/mol. The van der Waals surface area contributed by atoms with Crippen molar-refractivity contribution in [2.24, 2.45) is 0 Å². The van der Waals surface area contributed by atoms with E-state index in [9.17, 15) is 5.11 Å². The van der Waals surface area contributed by atoms with Crippen molar-refractivity contribution in [3.8, 4) is 5.75 Å². The lowest BCUT2D eigenvalue weighted by Crippen LogP contribution is -2.32. The summed E-state index contributed by atoms with van der Waals surface area (Å²) in [5.74, 6) is 1.88. The Morgan fingerprint density at radius 1 is 1.33 bits per heavy atom. The zero-order valence-corrected chi connectivity index (χ0v) is 12.0. The van der Waals surface area contributed by atoms with Crippen molar-refractivity contribution in [3.05, 3.63) is 29.8 Å². The van der Waals surface area contributed by atoms with Crippen LogP contribution in [0.1, 0.15) is 12.5 Å². The Balaban J connectivity index is 2.18. The molecule has 0 saturated carbocycles. The first kappa shape index (κ1) is 15.3. The van der Waals surface area contributed by atoms with Crippen LogP contribution < -0.4 is 10.1 Å². The van der Waals surface area contributed by atoms with Crippen LogP contribution in [0.5, 0.6) is 5.75 Å². The summed E-state index contributed by atoms with van der Waals surface area (Å²) in [6, 6.07) is 8.01. The number of benzene rings is 1. The number of aliphatic hydroxyl groups is 1. The van der Waals surface area contributed by atoms with Gasteiger partial charge in [-0.3, -0.25) is 0 Å². The van der Waals surface area contributed by atoms with E-state index in [4.69, 9.17) is 4.74 Å². The average Bonchev–Trinajstić information content (AvgIpc) is 2.42. The van der Waals surface area contributed by atoms with Gasteiger partial charge in [0.05, 0.1) is 0 Å². The Kier molecular flexibility index (Phi) is 7.89. The molecule has 0 aromatic heterocycles. The molecule has 0 aliphatic heterocycles. The van der Waals surface area contributed by atoms with Crippen molar-refractivity contribution in [3.63, 3.8) is 0 Å². The third-order valence-electron chi connectivity index (χ3n) is 2.64. The van der Waals surface area contributed by atoms with Crippen LogP contribution in [0, 0.1) is 0 Å². The quantitative estimate of drug-likeness (QED) is 0.672. The molecule has 0 amide bonds. The van der Waals surface area contributed by atoms with Gasteiger partial charge in [-0.05, 0) is 30.4 Å². The van der Waals surface area contributed by atoms with Crippen LogP contribution in [-0.2, 0) is 6.42 Å². The molecule has 3 nitrogen and oxygen atoms in total. The van der Waals surface area contributed by atoms with E-state index in [1.54, 1.807) is 11.8 Å². The summed E-state index contributed by atoms with van der Waals surface area (Å²) in [5.41, 5.74) is 1.29. The van der Waals surface area contributed by atoms with Crippen LogP contribution in [0.4, 0.5) is 0 Å². The molecule has 0 aliphatic carbocycles. The fraction of sp³-hybridized carbons (Fsp3) is 0.571. The molecule has 0 bridgehead atoms. The monoisotopic (exact) mass is 269 g/mol. The Hall–Kier alpha value is -0.710. The van der Waals surface area contributed by atoms with Crippen LogP contribution in [0.15, 0.2) is 24.3 Å². The molecule has 0 heterocycles. The van der Waals surface area contributed by atoms with Gasteiger partial charge in [-0.15, -0.1) is 0 Å². The van der Waals surface area contributed by atoms with Gasteiger partial charge in [-0.1, -0.05) is 19.1 Å². The predicted molar refractivity (Wildman–Crippen MR) is 78.6 cm³/mol. The van der Waals surface area contributed by atoms with E-state index in [1.807, 2.05) is 12.1 Å². The highest BCUT2D eigenvalue weighted by Gasteiger charge is 2.04. The van der Waals surface area contributed by atoms with Crippen LogP contribution in [-0.4, -0.2) is 42.9 Å². The number of hydrogen-bond acceptors (Lipinski definition) is 4. The fourth-order valence-electron chi connectivity index (χ4n) is 1.52. The molecule has 0 radical (unpaired) electrons. The summed E-state index contributed by atoms with van der Waals surface area (Å²) >= 11 is 1.79. The van der Waals surface area contributed by atoms with Crippen LogP contribution in [0.2, 0.25) is 0 Å². The van der Waals surface area contributed by atoms with Crippen molar-refractivity contribution >= 4 is 11.8 Å². The fourth-order valence-corrected chi connectivity index (χ4v) is 1.86. The first-order valence-corrected chi connectivity index (χ1v) is 7.75. The number of hydrogen-bond donors (Lipinski definition) is 2. The molecule has 4 heteroatoms. The van der Waals surface area contributed by atoms with Crippen molar-refractivity contribution < 1.29 is 9.84 Å². The van der Waals surface area contributed by atoms with Crippen LogP contribution in [0.3, 0.4) is 0 Å². The summed E-state index contributed by atoms with van der Waals surface area (Å²) < 4.78 is 5.53.